The van der Waals surface area contributed by atoms with Crippen LogP contribution in [0.4, 0.5) is 11.5 Å². The third-order valence-corrected chi connectivity index (χ3v) is 6.97. The predicted octanol–water partition coefficient (Wildman–Crippen LogP) is 4.97. The van der Waals surface area contributed by atoms with Crippen molar-refractivity contribution in [3.8, 4) is 11.3 Å². The molecule has 180 valence electrons. The monoisotopic (exact) mass is 467 g/mol. The normalized spacial score (nSPS) is 14.3. The van der Waals surface area contributed by atoms with E-state index in [-0.39, 0.29) is 5.91 Å². The molecule has 1 amide bonds. The molecule has 2 aromatic heterocycles. The summed E-state index contributed by atoms with van der Waals surface area (Å²) in [5, 5.41) is 1.03. The Balaban J connectivity index is 1.47. The van der Waals surface area contributed by atoms with Gasteiger partial charge in [-0.2, -0.15) is 0 Å². The van der Waals surface area contributed by atoms with E-state index in [9.17, 15) is 4.79 Å². The highest BCUT2D eigenvalue weighted by atomic mass is 16.2. The van der Waals surface area contributed by atoms with Crippen LogP contribution in [-0.4, -0.2) is 60.6 Å². The first-order valence-corrected chi connectivity index (χ1v) is 12.3. The molecule has 0 spiro atoms. The van der Waals surface area contributed by atoms with Crippen LogP contribution in [0, 0.1) is 6.92 Å². The summed E-state index contributed by atoms with van der Waals surface area (Å²) in [5.74, 6) is 1.08. The largest absolute Gasteiger partial charge is 0.376 e. The minimum atomic E-state index is 0.109. The Hall–Kier alpha value is -3.80. The number of hydrogen-bond acceptors (Lipinski definition) is 4. The molecule has 0 atom stereocenters. The summed E-state index contributed by atoms with van der Waals surface area (Å²) < 4.78 is 2.16. The van der Waals surface area contributed by atoms with Crippen LogP contribution in [0.5, 0.6) is 0 Å². The molecule has 0 aliphatic carbocycles. The fraction of sp³-hybridized carbons (Fsp3) is 0.310. The van der Waals surface area contributed by atoms with Gasteiger partial charge in [-0.25, -0.2) is 4.98 Å². The number of carbonyl (C=O) groups excluding carboxylic acids is 1. The van der Waals surface area contributed by atoms with Gasteiger partial charge in [-0.1, -0.05) is 42.0 Å². The van der Waals surface area contributed by atoms with E-state index in [1.54, 1.807) is 0 Å². The summed E-state index contributed by atoms with van der Waals surface area (Å²) >= 11 is 0. The number of benzene rings is 2. The highest BCUT2D eigenvalue weighted by Crippen LogP contribution is 2.35. The predicted molar refractivity (Wildman–Crippen MR) is 144 cm³/mol. The molecule has 0 saturated carbocycles. The highest BCUT2D eigenvalue weighted by Gasteiger charge is 2.28. The maximum Gasteiger partial charge on any atom is 0.256 e. The molecule has 0 unspecified atom stereocenters. The lowest BCUT2D eigenvalue weighted by molar-refractivity contribution is 0.0769. The van der Waals surface area contributed by atoms with Crippen molar-refractivity contribution in [3.05, 3.63) is 78.0 Å². The smallest absolute Gasteiger partial charge is 0.256 e. The van der Waals surface area contributed by atoms with E-state index in [1.807, 2.05) is 43.4 Å². The molecule has 1 aliphatic rings. The van der Waals surface area contributed by atoms with E-state index in [0.29, 0.717) is 6.54 Å². The number of fused-ring (bicyclic) bond motifs is 1. The molecule has 2 aromatic carbocycles. The van der Waals surface area contributed by atoms with Gasteiger partial charge in [0.15, 0.2) is 0 Å². The van der Waals surface area contributed by atoms with Gasteiger partial charge in [0, 0.05) is 58.2 Å². The standard InChI is InChI=1S/C29H33N5O/c1-21-11-13-25-24(19-21)27(28(32(25)4)22-9-6-5-7-10-22)29(35)34-16-8-15-33(17-18-34)26-14-12-23(20-30-26)31(2)3/h5-7,9-14,19-20H,8,15-18H2,1-4H3. The summed E-state index contributed by atoms with van der Waals surface area (Å²) in [4.78, 5) is 25.2. The van der Waals surface area contributed by atoms with Crippen molar-refractivity contribution < 1.29 is 4.79 Å². The van der Waals surface area contributed by atoms with Crippen LogP contribution in [0.15, 0.2) is 66.9 Å². The first-order valence-electron chi connectivity index (χ1n) is 12.3. The first-order chi connectivity index (χ1) is 16.9. The van der Waals surface area contributed by atoms with Crippen molar-refractivity contribution in [3.63, 3.8) is 0 Å². The topological polar surface area (TPSA) is 44.6 Å². The Bertz CT molecular complexity index is 1340. The second-order valence-electron chi connectivity index (χ2n) is 9.57. The number of aryl methyl sites for hydroxylation is 2. The third-order valence-electron chi connectivity index (χ3n) is 6.97. The van der Waals surface area contributed by atoms with Crippen LogP contribution in [0.1, 0.15) is 22.3 Å². The molecule has 1 saturated heterocycles. The van der Waals surface area contributed by atoms with Gasteiger partial charge in [-0.05, 0) is 43.2 Å². The van der Waals surface area contributed by atoms with E-state index in [0.717, 1.165) is 70.8 Å². The van der Waals surface area contributed by atoms with Crippen LogP contribution in [0.25, 0.3) is 22.2 Å². The summed E-state index contributed by atoms with van der Waals surface area (Å²) in [7, 11) is 6.10. The number of rotatable bonds is 4. The summed E-state index contributed by atoms with van der Waals surface area (Å²) in [6, 6.07) is 20.8. The molecule has 4 aromatic rings. The van der Waals surface area contributed by atoms with Gasteiger partial charge in [0.05, 0.1) is 23.1 Å². The lowest BCUT2D eigenvalue weighted by Gasteiger charge is -2.24. The first kappa shape index (κ1) is 23.0. The molecule has 5 rings (SSSR count). The Morgan fingerprint density at radius 2 is 1.74 bits per heavy atom. The van der Waals surface area contributed by atoms with Crippen molar-refractivity contribution in [2.24, 2.45) is 7.05 Å². The summed E-state index contributed by atoms with van der Waals surface area (Å²) in [5.41, 5.74) is 6.18. The maximum absolute atomic E-state index is 14.1. The van der Waals surface area contributed by atoms with Gasteiger partial charge in [-0.15, -0.1) is 0 Å². The molecule has 35 heavy (non-hydrogen) atoms. The third kappa shape index (κ3) is 4.36. The number of pyridine rings is 1. The van der Waals surface area contributed by atoms with Crippen LogP contribution < -0.4 is 9.80 Å². The van der Waals surface area contributed by atoms with Crippen LogP contribution in [0.2, 0.25) is 0 Å². The van der Waals surface area contributed by atoms with Crippen molar-refractivity contribution in [1.82, 2.24) is 14.5 Å². The Morgan fingerprint density at radius 3 is 2.46 bits per heavy atom. The van der Waals surface area contributed by atoms with E-state index < -0.39 is 0 Å². The summed E-state index contributed by atoms with van der Waals surface area (Å²) in [6.07, 6.45) is 2.82. The van der Waals surface area contributed by atoms with Gasteiger partial charge >= 0.3 is 0 Å². The molecule has 6 nitrogen and oxygen atoms in total. The van der Waals surface area contributed by atoms with Gasteiger partial charge in [0.1, 0.15) is 5.82 Å². The molecule has 1 fully saturated rings. The van der Waals surface area contributed by atoms with Gasteiger partial charge < -0.3 is 19.3 Å². The number of anilines is 2. The molecule has 3 heterocycles. The minimum Gasteiger partial charge on any atom is -0.376 e. The lowest BCUT2D eigenvalue weighted by Crippen LogP contribution is -2.35. The fourth-order valence-corrected chi connectivity index (χ4v) is 5.05. The Morgan fingerprint density at radius 1 is 0.943 bits per heavy atom. The van der Waals surface area contributed by atoms with Gasteiger partial charge in [-0.3, -0.25) is 4.79 Å². The average Bonchev–Trinajstić information content (AvgIpc) is 3.01. The zero-order chi connectivity index (χ0) is 24.5. The van der Waals surface area contributed by atoms with E-state index >= 15 is 0 Å². The molecule has 0 bridgehead atoms. The number of hydrogen-bond donors (Lipinski definition) is 0. The van der Waals surface area contributed by atoms with Crippen molar-refractivity contribution in [2.75, 3.05) is 50.1 Å². The maximum atomic E-state index is 14.1. The highest BCUT2D eigenvalue weighted by molar-refractivity contribution is 6.13. The Kier molecular flexibility index (Phi) is 6.20. The number of nitrogens with zero attached hydrogens (tertiary/aromatic N) is 5. The van der Waals surface area contributed by atoms with Crippen LogP contribution >= 0.6 is 0 Å². The SMILES string of the molecule is Cc1ccc2c(c1)c(C(=O)N1CCCN(c3ccc(N(C)C)cn3)CC1)c(-c1ccccc1)n2C. The lowest BCUT2D eigenvalue weighted by atomic mass is 10.0. The molecule has 0 N–H and O–H groups in total. The van der Waals surface area contributed by atoms with E-state index in [2.05, 4.69) is 75.8 Å². The van der Waals surface area contributed by atoms with Crippen molar-refractivity contribution in [1.29, 1.82) is 0 Å². The van der Waals surface area contributed by atoms with Crippen molar-refractivity contribution in [2.45, 2.75) is 13.3 Å². The minimum absolute atomic E-state index is 0.109. The number of aromatic nitrogens is 2. The zero-order valence-corrected chi connectivity index (χ0v) is 21.0. The van der Waals surface area contributed by atoms with E-state index in [1.165, 1.54) is 0 Å². The van der Waals surface area contributed by atoms with Gasteiger partial charge in [0.25, 0.3) is 5.91 Å². The molecule has 0 radical (unpaired) electrons. The zero-order valence-electron chi connectivity index (χ0n) is 21.0. The van der Waals surface area contributed by atoms with Gasteiger partial charge in [0.2, 0.25) is 0 Å². The number of carbonyl (C=O) groups is 1. The quantitative estimate of drug-likeness (QED) is 0.425. The average molecular weight is 468 g/mol. The summed E-state index contributed by atoms with van der Waals surface area (Å²) in [6.45, 7) is 5.15. The van der Waals surface area contributed by atoms with E-state index in [4.69, 9.17) is 0 Å². The van der Waals surface area contributed by atoms with Crippen LogP contribution in [-0.2, 0) is 7.05 Å². The number of amides is 1. The second-order valence-corrected chi connectivity index (χ2v) is 9.57. The van der Waals surface area contributed by atoms with Crippen molar-refractivity contribution >= 4 is 28.3 Å². The fourth-order valence-electron chi connectivity index (χ4n) is 5.05. The Labute approximate surface area is 207 Å². The molecule has 1 aliphatic heterocycles. The van der Waals surface area contributed by atoms with Crippen LogP contribution in [0.3, 0.4) is 0 Å². The second kappa shape index (κ2) is 9.45. The molecular weight excluding hydrogens is 434 g/mol. The molecular formula is C29H33N5O. The molecule has 6 heteroatoms.